The second-order valence-electron chi connectivity index (χ2n) is 6.56. The smallest absolute Gasteiger partial charge is 0.365 e. The Morgan fingerprint density at radius 3 is 2.50 bits per heavy atom. The molecule has 128 valence electrons. The molecule has 0 unspecified atom stereocenters. The fraction of sp³-hybridized carbons (Fsp3) is 0.412. The minimum Gasteiger partial charge on any atom is -0.494 e. The highest BCUT2D eigenvalue weighted by molar-refractivity contribution is 7.20. The highest BCUT2D eigenvalue weighted by Gasteiger charge is 2.22. The van der Waals surface area contributed by atoms with Crippen LogP contribution in [0, 0.1) is 0 Å². The minimum atomic E-state index is -0.327. The molecular formula is C17H22N4O2S. The SMILES string of the molecule is CCOc1ccc(N(C)c2cn3c(nc(=O)n3C(C)(C)C)s2)cc1. The summed E-state index contributed by atoms with van der Waals surface area (Å²) in [5.41, 5.74) is 0.503. The van der Waals surface area contributed by atoms with Crippen LogP contribution in [0.3, 0.4) is 0 Å². The number of anilines is 2. The second kappa shape index (κ2) is 5.98. The topological polar surface area (TPSA) is 51.8 Å². The van der Waals surface area contributed by atoms with E-state index in [9.17, 15) is 4.79 Å². The first-order valence-electron chi connectivity index (χ1n) is 7.89. The molecule has 3 rings (SSSR count). The summed E-state index contributed by atoms with van der Waals surface area (Å²) < 4.78 is 9.00. The lowest BCUT2D eigenvalue weighted by molar-refractivity contribution is 0.329. The van der Waals surface area contributed by atoms with E-state index >= 15 is 0 Å². The first-order chi connectivity index (χ1) is 11.3. The molecule has 3 aromatic rings. The molecule has 0 N–H and O–H groups in total. The number of aromatic nitrogens is 3. The highest BCUT2D eigenvalue weighted by Crippen LogP contribution is 2.31. The first-order valence-corrected chi connectivity index (χ1v) is 8.71. The van der Waals surface area contributed by atoms with Crippen LogP contribution < -0.4 is 15.3 Å². The molecule has 0 aliphatic heterocycles. The van der Waals surface area contributed by atoms with Crippen molar-refractivity contribution < 1.29 is 4.74 Å². The van der Waals surface area contributed by atoms with Crippen molar-refractivity contribution in [1.29, 1.82) is 0 Å². The second-order valence-corrected chi connectivity index (χ2v) is 7.55. The van der Waals surface area contributed by atoms with Gasteiger partial charge in [-0.3, -0.25) is 0 Å². The molecule has 2 heterocycles. The van der Waals surface area contributed by atoms with Gasteiger partial charge in [0.15, 0.2) is 0 Å². The fourth-order valence-electron chi connectivity index (χ4n) is 2.59. The van der Waals surface area contributed by atoms with E-state index in [1.54, 1.807) is 4.68 Å². The maximum Gasteiger partial charge on any atom is 0.365 e. The summed E-state index contributed by atoms with van der Waals surface area (Å²) in [5.74, 6) is 0.859. The van der Waals surface area contributed by atoms with Crippen molar-refractivity contribution in [2.45, 2.75) is 33.2 Å². The summed E-state index contributed by atoms with van der Waals surface area (Å²) in [6, 6.07) is 7.95. The van der Waals surface area contributed by atoms with E-state index in [4.69, 9.17) is 4.74 Å². The van der Waals surface area contributed by atoms with Gasteiger partial charge in [-0.05, 0) is 52.0 Å². The summed E-state index contributed by atoms with van der Waals surface area (Å²) in [5, 5.41) is 1.01. The third-order valence-corrected chi connectivity index (χ3v) is 4.76. The summed E-state index contributed by atoms with van der Waals surface area (Å²) in [6.45, 7) is 8.61. The van der Waals surface area contributed by atoms with Crippen LogP contribution in [-0.4, -0.2) is 27.8 Å². The maximum absolute atomic E-state index is 12.1. The number of hydrogen-bond donors (Lipinski definition) is 0. The monoisotopic (exact) mass is 346 g/mol. The van der Waals surface area contributed by atoms with Crippen LogP contribution in [0.5, 0.6) is 5.75 Å². The van der Waals surface area contributed by atoms with Crippen molar-refractivity contribution in [3.63, 3.8) is 0 Å². The van der Waals surface area contributed by atoms with Crippen molar-refractivity contribution in [3.8, 4) is 5.75 Å². The van der Waals surface area contributed by atoms with Gasteiger partial charge in [-0.25, -0.2) is 14.0 Å². The van der Waals surface area contributed by atoms with Crippen molar-refractivity contribution in [3.05, 3.63) is 40.9 Å². The maximum atomic E-state index is 12.1. The molecule has 1 aromatic carbocycles. The van der Waals surface area contributed by atoms with Crippen LogP contribution in [0.25, 0.3) is 4.96 Å². The summed E-state index contributed by atoms with van der Waals surface area (Å²) in [4.78, 5) is 19.0. The Hall–Kier alpha value is -2.28. The fourth-order valence-corrected chi connectivity index (χ4v) is 3.52. The molecule has 0 fully saturated rings. The lowest BCUT2D eigenvalue weighted by atomic mass is 10.1. The van der Waals surface area contributed by atoms with E-state index in [-0.39, 0.29) is 11.2 Å². The molecule has 0 atom stereocenters. The van der Waals surface area contributed by atoms with E-state index in [1.165, 1.54) is 11.3 Å². The van der Waals surface area contributed by atoms with Gasteiger partial charge in [-0.2, -0.15) is 4.98 Å². The van der Waals surface area contributed by atoms with Gasteiger partial charge in [-0.1, -0.05) is 11.3 Å². The van der Waals surface area contributed by atoms with Crippen molar-refractivity contribution >= 4 is 27.0 Å². The predicted molar refractivity (Wildman–Crippen MR) is 98.0 cm³/mol. The molecule has 0 aliphatic carbocycles. The van der Waals surface area contributed by atoms with Gasteiger partial charge < -0.3 is 9.64 Å². The van der Waals surface area contributed by atoms with E-state index in [2.05, 4.69) is 9.88 Å². The summed E-state index contributed by atoms with van der Waals surface area (Å²) in [7, 11) is 2.00. The lowest BCUT2D eigenvalue weighted by Gasteiger charge is -2.20. The largest absolute Gasteiger partial charge is 0.494 e. The minimum absolute atomic E-state index is 0.218. The van der Waals surface area contributed by atoms with Gasteiger partial charge in [0, 0.05) is 12.7 Å². The van der Waals surface area contributed by atoms with Crippen LogP contribution in [0.1, 0.15) is 27.7 Å². The number of hydrogen-bond acceptors (Lipinski definition) is 5. The number of nitrogens with zero attached hydrogens (tertiary/aromatic N) is 4. The number of thiazole rings is 1. The predicted octanol–water partition coefficient (Wildman–Crippen LogP) is 3.48. The number of rotatable bonds is 4. The van der Waals surface area contributed by atoms with Gasteiger partial charge in [0.05, 0.1) is 18.3 Å². The zero-order chi connectivity index (χ0) is 17.5. The van der Waals surface area contributed by atoms with Crippen LogP contribution in [-0.2, 0) is 5.54 Å². The van der Waals surface area contributed by atoms with Crippen molar-refractivity contribution in [2.24, 2.45) is 0 Å². The highest BCUT2D eigenvalue weighted by atomic mass is 32.1. The molecule has 2 aromatic heterocycles. The molecule has 0 saturated carbocycles. The third-order valence-electron chi connectivity index (χ3n) is 3.71. The van der Waals surface area contributed by atoms with Crippen LogP contribution in [0.15, 0.2) is 35.3 Å². The Morgan fingerprint density at radius 1 is 1.25 bits per heavy atom. The van der Waals surface area contributed by atoms with Crippen molar-refractivity contribution in [2.75, 3.05) is 18.6 Å². The first kappa shape index (κ1) is 16.6. The zero-order valence-corrected chi connectivity index (χ0v) is 15.4. The van der Waals surface area contributed by atoms with Gasteiger partial charge in [-0.15, -0.1) is 0 Å². The van der Waals surface area contributed by atoms with Gasteiger partial charge in [0.2, 0.25) is 4.96 Å². The average molecular weight is 346 g/mol. The van der Waals surface area contributed by atoms with Gasteiger partial charge >= 0.3 is 5.69 Å². The molecule has 6 nitrogen and oxygen atoms in total. The Kier molecular flexibility index (Phi) is 4.13. The summed E-state index contributed by atoms with van der Waals surface area (Å²) in [6.07, 6.45) is 1.95. The molecule has 7 heteroatoms. The molecule has 0 bridgehead atoms. The van der Waals surface area contributed by atoms with Crippen molar-refractivity contribution in [1.82, 2.24) is 14.2 Å². The average Bonchev–Trinajstić information content (AvgIpc) is 3.02. The molecule has 24 heavy (non-hydrogen) atoms. The van der Waals surface area contributed by atoms with Crippen LogP contribution in [0.2, 0.25) is 0 Å². The molecular weight excluding hydrogens is 324 g/mol. The van der Waals surface area contributed by atoms with E-state index in [0.717, 1.165) is 16.4 Å². The van der Waals surface area contributed by atoms with Gasteiger partial charge in [0.25, 0.3) is 0 Å². The van der Waals surface area contributed by atoms with Crippen LogP contribution >= 0.6 is 11.3 Å². The quantitative estimate of drug-likeness (QED) is 0.726. The van der Waals surface area contributed by atoms with E-state index in [1.807, 2.05) is 69.7 Å². The number of benzene rings is 1. The Morgan fingerprint density at radius 2 is 1.92 bits per heavy atom. The molecule has 0 saturated heterocycles. The number of ether oxygens (including phenoxy) is 1. The van der Waals surface area contributed by atoms with Gasteiger partial charge in [0.1, 0.15) is 10.8 Å². The van der Waals surface area contributed by atoms with E-state index in [0.29, 0.717) is 11.6 Å². The van der Waals surface area contributed by atoms with E-state index < -0.39 is 0 Å². The Bertz CT molecular complexity index is 899. The number of fused-ring (bicyclic) bond motifs is 1. The lowest BCUT2D eigenvalue weighted by Crippen LogP contribution is -2.34. The van der Waals surface area contributed by atoms with Crippen LogP contribution in [0.4, 0.5) is 10.7 Å². The zero-order valence-electron chi connectivity index (χ0n) is 14.6. The third kappa shape index (κ3) is 2.91. The molecule has 0 spiro atoms. The standard InChI is InChI=1S/C17H22N4O2S/c1-6-23-13-9-7-12(8-10-13)19(5)14-11-20-16(24-14)18-15(22)21(20)17(2,3)4/h7-11H,6H2,1-5H3. The Labute approximate surface area is 144 Å². The molecule has 0 aliphatic rings. The molecule has 0 radical (unpaired) electrons. The Balaban J connectivity index is 1.97. The summed E-state index contributed by atoms with van der Waals surface area (Å²) >= 11 is 1.49. The normalized spacial score (nSPS) is 11.9. The molecule has 0 amide bonds.